The Morgan fingerprint density at radius 3 is 3.17 bits per heavy atom. The van der Waals surface area contributed by atoms with Crippen LogP contribution in [-0.4, -0.2) is 15.2 Å². The molecule has 0 amide bonds. The van der Waals surface area contributed by atoms with E-state index >= 15 is 0 Å². The van der Waals surface area contributed by atoms with Crippen LogP contribution in [0.2, 0.25) is 0 Å². The minimum Gasteiger partial charge on any atom is -0.398 e. The van der Waals surface area contributed by atoms with Crippen LogP contribution in [0.3, 0.4) is 0 Å². The molecule has 2 aromatic heterocycles. The van der Waals surface area contributed by atoms with Gasteiger partial charge in [0.2, 0.25) is 0 Å². The second-order valence-electron chi connectivity index (χ2n) is 2.65. The van der Waals surface area contributed by atoms with Crippen molar-refractivity contribution in [3.05, 3.63) is 18.0 Å². The molecule has 0 aliphatic heterocycles. The summed E-state index contributed by atoms with van der Waals surface area (Å²) in [6, 6.07) is 1.79. The minimum absolute atomic E-state index is 0.701. The Bertz CT molecular complexity index is 404. The molecule has 0 atom stereocenters. The molecule has 2 heterocycles. The van der Waals surface area contributed by atoms with E-state index in [1.807, 2.05) is 0 Å². The van der Waals surface area contributed by atoms with E-state index in [0.717, 1.165) is 23.2 Å². The van der Waals surface area contributed by atoms with Gasteiger partial charge in [-0.15, -0.1) is 0 Å². The molecule has 2 rings (SSSR count). The SMILES string of the molecule is CCc1[nH]nc2nccc(N)c12. The average Bonchev–Trinajstić information content (AvgIpc) is 2.49. The molecular weight excluding hydrogens is 152 g/mol. The number of nitrogens with two attached hydrogens (primary N) is 1. The van der Waals surface area contributed by atoms with Crippen molar-refractivity contribution < 1.29 is 0 Å². The minimum atomic E-state index is 0.701. The van der Waals surface area contributed by atoms with E-state index in [9.17, 15) is 0 Å². The Kier molecular flexibility index (Phi) is 1.46. The van der Waals surface area contributed by atoms with Gasteiger partial charge >= 0.3 is 0 Å². The van der Waals surface area contributed by atoms with Crippen molar-refractivity contribution in [2.24, 2.45) is 0 Å². The fourth-order valence-electron chi connectivity index (χ4n) is 1.29. The standard InChI is InChI=1S/C8H10N4/c1-2-6-7-5(9)3-4-10-8(7)12-11-6/h3-4H,2H2,1H3,(H3,9,10,11,12). The van der Waals surface area contributed by atoms with Crippen molar-refractivity contribution in [3.63, 3.8) is 0 Å². The molecular formula is C8H10N4. The zero-order valence-corrected chi connectivity index (χ0v) is 6.83. The third-order valence-electron chi connectivity index (χ3n) is 1.92. The monoisotopic (exact) mass is 162 g/mol. The summed E-state index contributed by atoms with van der Waals surface area (Å²) in [5, 5.41) is 7.90. The summed E-state index contributed by atoms with van der Waals surface area (Å²) in [7, 11) is 0. The molecule has 0 saturated heterocycles. The van der Waals surface area contributed by atoms with Crippen molar-refractivity contribution >= 4 is 16.7 Å². The predicted octanol–water partition coefficient (Wildman–Crippen LogP) is 1.10. The van der Waals surface area contributed by atoms with Crippen LogP contribution in [0, 0.1) is 0 Å². The molecule has 0 bridgehead atoms. The van der Waals surface area contributed by atoms with E-state index in [0.29, 0.717) is 5.65 Å². The van der Waals surface area contributed by atoms with Crippen LogP contribution in [0.1, 0.15) is 12.6 Å². The van der Waals surface area contributed by atoms with Gasteiger partial charge in [-0.2, -0.15) is 5.10 Å². The number of fused-ring (bicyclic) bond motifs is 1. The Hall–Kier alpha value is -1.58. The first-order valence-corrected chi connectivity index (χ1v) is 3.90. The lowest BCUT2D eigenvalue weighted by Gasteiger charge is -1.95. The topological polar surface area (TPSA) is 67.6 Å². The zero-order valence-electron chi connectivity index (χ0n) is 6.83. The van der Waals surface area contributed by atoms with Crippen LogP contribution in [0.25, 0.3) is 11.0 Å². The molecule has 3 N–H and O–H groups in total. The van der Waals surface area contributed by atoms with E-state index in [-0.39, 0.29) is 0 Å². The number of hydrogen-bond donors (Lipinski definition) is 2. The molecule has 0 spiro atoms. The number of nitrogens with zero attached hydrogens (tertiary/aromatic N) is 2. The lowest BCUT2D eigenvalue weighted by Crippen LogP contribution is -1.89. The van der Waals surface area contributed by atoms with Gasteiger partial charge in [0.15, 0.2) is 5.65 Å². The molecule has 0 unspecified atom stereocenters. The van der Waals surface area contributed by atoms with Crippen molar-refractivity contribution in [2.75, 3.05) is 5.73 Å². The zero-order chi connectivity index (χ0) is 8.55. The van der Waals surface area contributed by atoms with Crippen LogP contribution in [0.15, 0.2) is 12.3 Å². The number of aromatic amines is 1. The van der Waals surface area contributed by atoms with E-state index in [1.165, 1.54) is 0 Å². The number of anilines is 1. The summed E-state index contributed by atoms with van der Waals surface area (Å²) in [5.41, 5.74) is 8.27. The lowest BCUT2D eigenvalue weighted by atomic mass is 10.2. The van der Waals surface area contributed by atoms with Crippen molar-refractivity contribution in [1.82, 2.24) is 15.2 Å². The molecule has 0 saturated carbocycles. The Labute approximate surface area is 69.8 Å². The average molecular weight is 162 g/mol. The maximum absolute atomic E-state index is 5.78. The molecule has 0 aliphatic carbocycles. The highest BCUT2D eigenvalue weighted by atomic mass is 15.1. The summed E-state index contributed by atoms with van der Waals surface area (Å²) < 4.78 is 0. The number of aromatic nitrogens is 3. The number of hydrogen-bond acceptors (Lipinski definition) is 3. The lowest BCUT2D eigenvalue weighted by molar-refractivity contribution is 0.984. The highest BCUT2D eigenvalue weighted by Crippen LogP contribution is 2.20. The van der Waals surface area contributed by atoms with Crippen LogP contribution in [-0.2, 0) is 6.42 Å². The molecule has 4 heteroatoms. The second kappa shape index (κ2) is 2.48. The molecule has 0 fully saturated rings. The van der Waals surface area contributed by atoms with Gasteiger partial charge in [-0.05, 0) is 12.5 Å². The maximum atomic E-state index is 5.78. The summed E-state index contributed by atoms with van der Waals surface area (Å²) in [5.74, 6) is 0. The maximum Gasteiger partial charge on any atom is 0.183 e. The molecule has 12 heavy (non-hydrogen) atoms. The largest absolute Gasteiger partial charge is 0.398 e. The van der Waals surface area contributed by atoms with E-state index < -0.39 is 0 Å². The normalized spacial score (nSPS) is 10.8. The van der Waals surface area contributed by atoms with Crippen LogP contribution < -0.4 is 5.73 Å². The summed E-state index contributed by atoms with van der Waals surface area (Å²) in [6.07, 6.45) is 2.56. The highest BCUT2D eigenvalue weighted by Gasteiger charge is 2.06. The molecule has 0 radical (unpaired) electrons. The summed E-state index contributed by atoms with van der Waals surface area (Å²) in [4.78, 5) is 4.09. The quantitative estimate of drug-likeness (QED) is 0.659. The smallest absolute Gasteiger partial charge is 0.183 e. The van der Waals surface area contributed by atoms with Gasteiger partial charge in [-0.3, -0.25) is 5.10 Å². The Balaban J connectivity index is 2.83. The van der Waals surface area contributed by atoms with Gasteiger partial charge in [-0.1, -0.05) is 6.92 Å². The summed E-state index contributed by atoms with van der Waals surface area (Å²) >= 11 is 0. The third kappa shape index (κ3) is 0.845. The first-order valence-electron chi connectivity index (χ1n) is 3.90. The molecule has 62 valence electrons. The third-order valence-corrected chi connectivity index (χ3v) is 1.92. The summed E-state index contributed by atoms with van der Waals surface area (Å²) in [6.45, 7) is 2.05. The number of nitrogen functional groups attached to an aromatic ring is 1. The van der Waals surface area contributed by atoms with Crippen LogP contribution in [0.4, 0.5) is 5.69 Å². The first kappa shape index (κ1) is 7.09. The van der Waals surface area contributed by atoms with Crippen molar-refractivity contribution in [1.29, 1.82) is 0 Å². The Morgan fingerprint density at radius 1 is 1.58 bits per heavy atom. The van der Waals surface area contributed by atoms with Gasteiger partial charge in [0.05, 0.1) is 5.39 Å². The number of rotatable bonds is 1. The van der Waals surface area contributed by atoms with Crippen LogP contribution in [0.5, 0.6) is 0 Å². The number of nitrogens with one attached hydrogen (secondary N) is 1. The molecule has 2 aromatic rings. The Morgan fingerprint density at radius 2 is 2.42 bits per heavy atom. The fraction of sp³-hybridized carbons (Fsp3) is 0.250. The first-order chi connectivity index (χ1) is 5.83. The molecule has 0 aromatic carbocycles. The van der Waals surface area contributed by atoms with Gasteiger partial charge in [0, 0.05) is 17.6 Å². The van der Waals surface area contributed by atoms with Crippen molar-refractivity contribution in [2.45, 2.75) is 13.3 Å². The number of H-pyrrole nitrogens is 1. The predicted molar refractivity (Wildman–Crippen MR) is 47.7 cm³/mol. The van der Waals surface area contributed by atoms with E-state index in [1.54, 1.807) is 12.3 Å². The van der Waals surface area contributed by atoms with Gasteiger partial charge < -0.3 is 5.73 Å². The van der Waals surface area contributed by atoms with Crippen LogP contribution >= 0.6 is 0 Å². The van der Waals surface area contributed by atoms with Crippen molar-refractivity contribution in [3.8, 4) is 0 Å². The highest BCUT2D eigenvalue weighted by molar-refractivity contribution is 5.89. The van der Waals surface area contributed by atoms with Gasteiger partial charge in [0.25, 0.3) is 0 Å². The number of pyridine rings is 1. The van der Waals surface area contributed by atoms with E-state index in [4.69, 9.17) is 5.73 Å². The van der Waals surface area contributed by atoms with Gasteiger partial charge in [-0.25, -0.2) is 4.98 Å². The van der Waals surface area contributed by atoms with Gasteiger partial charge in [0.1, 0.15) is 0 Å². The fourth-order valence-corrected chi connectivity index (χ4v) is 1.29. The number of aryl methyl sites for hydroxylation is 1. The van der Waals surface area contributed by atoms with E-state index in [2.05, 4.69) is 22.1 Å². The second-order valence-corrected chi connectivity index (χ2v) is 2.65. The molecule has 0 aliphatic rings. The molecule has 4 nitrogen and oxygen atoms in total.